The lowest BCUT2D eigenvalue weighted by Crippen LogP contribution is -2.02. The Kier molecular flexibility index (Phi) is 2.99. The highest BCUT2D eigenvalue weighted by atomic mass is 19.1. The molecule has 0 amide bonds. The number of fused-ring (bicyclic) bond motifs is 1. The summed E-state index contributed by atoms with van der Waals surface area (Å²) in [6.45, 7) is 0. The molecule has 0 radical (unpaired) electrons. The van der Waals surface area contributed by atoms with Crippen molar-refractivity contribution in [2.75, 3.05) is 0 Å². The molecular formula is C17H14FN3O. The third-order valence-corrected chi connectivity index (χ3v) is 4.01. The molecule has 0 N–H and O–H groups in total. The normalized spacial score (nSPS) is 14.4. The molecule has 2 heterocycles. The number of hydrogen-bond donors (Lipinski definition) is 0. The fourth-order valence-corrected chi connectivity index (χ4v) is 2.68. The van der Waals surface area contributed by atoms with Gasteiger partial charge in [0.05, 0.1) is 17.6 Å². The smallest absolute Gasteiger partial charge is 0.168 e. The van der Waals surface area contributed by atoms with Crippen molar-refractivity contribution < 1.29 is 9.18 Å². The summed E-state index contributed by atoms with van der Waals surface area (Å²) in [5.41, 5.74) is 3.42. The molecule has 22 heavy (non-hydrogen) atoms. The molecule has 0 bridgehead atoms. The van der Waals surface area contributed by atoms with Gasteiger partial charge >= 0.3 is 0 Å². The van der Waals surface area contributed by atoms with E-state index in [4.69, 9.17) is 0 Å². The maximum Gasteiger partial charge on any atom is 0.168 e. The van der Waals surface area contributed by atoms with Crippen molar-refractivity contribution in [3.8, 4) is 11.3 Å². The quantitative estimate of drug-likeness (QED) is 0.694. The van der Waals surface area contributed by atoms with Crippen molar-refractivity contribution in [2.45, 2.75) is 19.3 Å². The van der Waals surface area contributed by atoms with Gasteiger partial charge < -0.3 is 0 Å². The number of aldehydes is 1. The highest BCUT2D eigenvalue weighted by Crippen LogP contribution is 2.33. The first-order chi connectivity index (χ1) is 10.7. The molecule has 1 aromatic carbocycles. The number of carbonyl (C=O) groups excluding carboxylic acids is 1. The summed E-state index contributed by atoms with van der Waals surface area (Å²) >= 11 is 0. The number of rotatable bonds is 4. The molecule has 5 heteroatoms. The van der Waals surface area contributed by atoms with Crippen LogP contribution in [0.2, 0.25) is 0 Å². The average Bonchev–Trinajstić information content (AvgIpc) is 3.24. The van der Waals surface area contributed by atoms with Crippen LogP contribution >= 0.6 is 0 Å². The number of carbonyl (C=O) groups is 1. The zero-order valence-corrected chi connectivity index (χ0v) is 11.9. The Morgan fingerprint density at radius 1 is 1.36 bits per heavy atom. The van der Waals surface area contributed by atoms with Crippen molar-refractivity contribution in [3.63, 3.8) is 0 Å². The maximum absolute atomic E-state index is 13.5. The van der Waals surface area contributed by atoms with Gasteiger partial charge in [0.15, 0.2) is 11.9 Å². The van der Waals surface area contributed by atoms with E-state index < -0.39 is 0 Å². The number of benzene rings is 1. The molecular weight excluding hydrogens is 281 g/mol. The van der Waals surface area contributed by atoms with E-state index in [9.17, 15) is 9.18 Å². The number of aromatic nitrogens is 3. The second-order valence-electron chi connectivity index (χ2n) is 5.73. The largest absolute Gasteiger partial charge is 0.296 e. The lowest BCUT2D eigenvalue weighted by molar-refractivity contribution is 0.111. The van der Waals surface area contributed by atoms with Crippen LogP contribution in [0.1, 0.15) is 29.0 Å². The molecule has 1 aliphatic rings. The van der Waals surface area contributed by atoms with Gasteiger partial charge in [-0.2, -0.15) is 0 Å². The highest BCUT2D eigenvalue weighted by molar-refractivity contribution is 5.75. The van der Waals surface area contributed by atoms with E-state index in [-0.39, 0.29) is 5.82 Å². The average molecular weight is 295 g/mol. The summed E-state index contributed by atoms with van der Waals surface area (Å²) in [4.78, 5) is 20.2. The van der Waals surface area contributed by atoms with Crippen LogP contribution in [0.5, 0.6) is 0 Å². The van der Waals surface area contributed by atoms with Crippen LogP contribution < -0.4 is 0 Å². The fourth-order valence-electron chi connectivity index (χ4n) is 2.68. The minimum Gasteiger partial charge on any atom is -0.296 e. The molecule has 0 unspecified atom stereocenters. The molecule has 110 valence electrons. The molecule has 1 saturated carbocycles. The standard InChI is InChI=1S/C17H14FN3O/c18-13-3-1-2-12(7-13)16-9-21-14(10-22)8-19-17(21)15(20-16)6-11-4-5-11/h1-3,7-11H,4-6H2. The van der Waals surface area contributed by atoms with Crippen LogP contribution in [0, 0.1) is 11.7 Å². The predicted octanol–water partition coefficient (Wildman–Crippen LogP) is 3.30. The Morgan fingerprint density at radius 2 is 2.23 bits per heavy atom. The zero-order chi connectivity index (χ0) is 15.1. The van der Waals surface area contributed by atoms with Crippen molar-refractivity contribution in [3.05, 3.63) is 53.9 Å². The lowest BCUT2D eigenvalue weighted by Gasteiger charge is -2.08. The Labute approximate surface area is 126 Å². The number of halogens is 1. The Balaban J connectivity index is 1.92. The summed E-state index contributed by atoms with van der Waals surface area (Å²) in [5, 5.41) is 0. The van der Waals surface area contributed by atoms with Gasteiger partial charge in [-0.05, 0) is 37.3 Å². The minimum atomic E-state index is -0.301. The molecule has 4 rings (SSSR count). The van der Waals surface area contributed by atoms with Gasteiger partial charge in [-0.1, -0.05) is 12.1 Å². The van der Waals surface area contributed by atoms with E-state index >= 15 is 0 Å². The van der Waals surface area contributed by atoms with E-state index in [1.807, 2.05) is 6.07 Å². The first-order valence-electron chi connectivity index (χ1n) is 7.32. The van der Waals surface area contributed by atoms with Crippen LogP contribution in [-0.2, 0) is 6.42 Å². The van der Waals surface area contributed by atoms with Crippen LogP contribution in [0.25, 0.3) is 16.9 Å². The Morgan fingerprint density at radius 3 is 2.95 bits per heavy atom. The van der Waals surface area contributed by atoms with E-state index in [2.05, 4.69) is 9.97 Å². The number of nitrogens with zero attached hydrogens (tertiary/aromatic N) is 3. The molecule has 2 aromatic heterocycles. The third kappa shape index (κ3) is 2.28. The molecule has 1 aliphatic carbocycles. The third-order valence-electron chi connectivity index (χ3n) is 4.01. The zero-order valence-electron chi connectivity index (χ0n) is 11.9. The predicted molar refractivity (Wildman–Crippen MR) is 80.2 cm³/mol. The molecule has 1 fully saturated rings. The van der Waals surface area contributed by atoms with E-state index in [0.29, 0.717) is 28.5 Å². The Hall–Kier alpha value is -2.56. The van der Waals surface area contributed by atoms with E-state index in [1.54, 1.807) is 22.9 Å². The van der Waals surface area contributed by atoms with Gasteiger partial charge in [0.25, 0.3) is 0 Å². The Bertz CT molecular complexity index is 867. The van der Waals surface area contributed by atoms with Crippen molar-refractivity contribution in [1.82, 2.24) is 14.4 Å². The minimum absolute atomic E-state index is 0.301. The molecule has 0 atom stereocenters. The van der Waals surface area contributed by atoms with Crippen molar-refractivity contribution in [2.24, 2.45) is 5.92 Å². The lowest BCUT2D eigenvalue weighted by atomic mass is 10.1. The fraction of sp³-hybridized carbons (Fsp3) is 0.235. The van der Waals surface area contributed by atoms with Crippen LogP contribution in [0.4, 0.5) is 4.39 Å². The molecule has 0 saturated heterocycles. The van der Waals surface area contributed by atoms with Crippen LogP contribution in [0.15, 0.2) is 36.7 Å². The number of imidazole rings is 1. The topological polar surface area (TPSA) is 47.3 Å². The molecule has 4 nitrogen and oxygen atoms in total. The highest BCUT2D eigenvalue weighted by Gasteiger charge is 2.24. The second-order valence-corrected chi connectivity index (χ2v) is 5.73. The summed E-state index contributed by atoms with van der Waals surface area (Å²) in [6.07, 6.45) is 7.34. The van der Waals surface area contributed by atoms with Crippen LogP contribution in [0.3, 0.4) is 0 Å². The number of hydrogen-bond acceptors (Lipinski definition) is 3. The molecule has 3 aromatic rings. The van der Waals surface area contributed by atoms with Gasteiger partial charge in [-0.3, -0.25) is 9.20 Å². The SMILES string of the molecule is O=Cc1cnc2c(CC3CC3)nc(-c3cccc(F)c3)cn12. The van der Waals surface area contributed by atoms with E-state index in [0.717, 1.165) is 18.4 Å². The second kappa shape index (κ2) is 5.02. The van der Waals surface area contributed by atoms with Gasteiger partial charge in [0.1, 0.15) is 11.5 Å². The molecule has 0 spiro atoms. The first kappa shape index (κ1) is 13.1. The van der Waals surface area contributed by atoms with Crippen molar-refractivity contribution in [1.29, 1.82) is 0 Å². The van der Waals surface area contributed by atoms with Crippen molar-refractivity contribution >= 4 is 11.9 Å². The van der Waals surface area contributed by atoms with Gasteiger partial charge in [-0.25, -0.2) is 14.4 Å². The maximum atomic E-state index is 13.5. The van der Waals surface area contributed by atoms with Gasteiger partial charge in [0, 0.05) is 11.8 Å². The monoisotopic (exact) mass is 295 g/mol. The van der Waals surface area contributed by atoms with E-state index in [1.165, 1.54) is 25.0 Å². The summed E-state index contributed by atoms with van der Waals surface area (Å²) in [7, 11) is 0. The first-order valence-corrected chi connectivity index (χ1v) is 7.32. The van der Waals surface area contributed by atoms with Gasteiger partial charge in [0.2, 0.25) is 0 Å². The molecule has 0 aliphatic heterocycles. The van der Waals surface area contributed by atoms with Gasteiger partial charge in [-0.15, -0.1) is 0 Å². The summed E-state index contributed by atoms with van der Waals surface area (Å²) in [6, 6.07) is 6.33. The van der Waals surface area contributed by atoms with Crippen LogP contribution in [-0.4, -0.2) is 20.7 Å². The summed E-state index contributed by atoms with van der Waals surface area (Å²) in [5.74, 6) is 0.347. The summed E-state index contributed by atoms with van der Waals surface area (Å²) < 4.78 is 15.2.